The summed E-state index contributed by atoms with van der Waals surface area (Å²) in [5.74, 6) is -0.0580. The normalized spacial score (nSPS) is 9.29. The molecule has 0 saturated carbocycles. The molecule has 0 heterocycles. The highest BCUT2D eigenvalue weighted by Gasteiger charge is 2.22. The predicted molar refractivity (Wildman–Crippen MR) is 51.4 cm³/mol. The monoisotopic (exact) mass is 194 g/mol. The van der Waals surface area contributed by atoms with Crippen LogP contribution < -0.4 is 4.65 Å². The van der Waals surface area contributed by atoms with E-state index in [1.54, 1.807) is 31.2 Å². The molecule has 0 saturated heterocycles. The standard InChI is InChI=1S/C9H11BO4/c1-2-9(11)14-10(12)13-8-6-4-3-5-7-8/h3-7,12H,2H2,1H3. The van der Waals surface area contributed by atoms with Crippen LogP contribution in [0.2, 0.25) is 0 Å². The highest BCUT2D eigenvalue weighted by Crippen LogP contribution is 2.09. The maximum Gasteiger partial charge on any atom is 0.787 e. The first-order chi connectivity index (χ1) is 6.72. The third kappa shape index (κ3) is 3.49. The molecule has 0 spiro atoms. The third-order valence-electron chi connectivity index (χ3n) is 1.50. The molecule has 0 amide bonds. The summed E-state index contributed by atoms with van der Waals surface area (Å²) < 4.78 is 9.40. The van der Waals surface area contributed by atoms with Crippen molar-refractivity contribution in [1.29, 1.82) is 0 Å². The van der Waals surface area contributed by atoms with Crippen LogP contribution in [0.3, 0.4) is 0 Å². The van der Waals surface area contributed by atoms with Gasteiger partial charge in [0, 0.05) is 6.42 Å². The highest BCUT2D eigenvalue weighted by atomic mass is 16.7. The molecule has 0 atom stereocenters. The van der Waals surface area contributed by atoms with Crippen molar-refractivity contribution in [2.75, 3.05) is 0 Å². The highest BCUT2D eigenvalue weighted by molar-refractivity contribution is 6.38. The molecule has 14 heavy (non-hydrogen) atoms. The van der Waals surface area contributed by atoms with Gasteiger partial charge in [-0.2, -0.15) is 0 Å². The van der Waals surface area contributed by atoms with Crippen molar-refractivity contribution in [3.63, 3.8) is 0 Å². The van der Waals surface area contributed by atoms with Crippen molar-refractivity contribution < 1.29 is 19.1 Å². The fraction of sp³-hybridized carbons (Fsp3) is 0.222. The fourth-order valence-corrected chi connectivity index (χ4v) is 0.835. The van der Waals surface area contributed by atoms with Crippen molar-refractivity contribution in [3.05, 3.63) is 30.3 Å². The topological polar surface area (TPSA) is 55.8 Å². The number of benzene rings is 1. The molecule has 0 aromatic heterocycles. The number of hydrogen-bond donors (Lipinski definition) is 1. The van der Waals surface area contributed by atoms with E-state index < -0.39 is 13.3 Å². The van der Waals surface area contributed by atoms with Gasteiger partial charge in [-0.05, 0) is 12.1 Å². The van der Waals surface area contributed by atoms with Gasteiger partial charge in [0.15, 0.2) is 0 Å². The summed E-state index contributed by atoms with van der Waals surface area (Å²) in [5, 5.41) is 9.14. The zero-order chi connectivity index (χ0) is 10.4. The SMILES string of the molecule is CCC(=O)OB(O)Oc1ccccc1. The predicted octanol–water partition coefficient (Wildman–Crippen LogP) is 0.996. The van der Waals surface area contributed by atoms with E-state index in [1.807, 2.05) is 6.07 Å². The number of carbonyl (C=O) groups excluding carboxylic acids is 1. The van der Waals surface area contributed by atoms with Gasteiger partial charge >= 0.3 is 7.32 Å². The maximum absolute atomic E-state index is 10.8. The molecule has 0 bridgehead atoms. The molecular weight excluding hydrogens is 183 g/mol. The Morgan fingerprint density at radius 3 is 2.64 bits per heavy atom. The zero-order valence-corrected chi connectivity index (χ0v) is 7.84. The number of para-hydroxylation sites is 1. The van der Waals surface area contributed by atoms with E-state index in [0.29, 0.717) is 5.75 Å². The summed E-state index contributed by atoms with van der Waals surface area (Å²) in [6.07, 6.45) is 0.204. The minimum absolute atomic E-state index is 0.204. The van der Waals surface area contributed by atoms with Gasteiger partial charge in [0.2, 0.25) is 0 Å². The molecule has 0 aliphatic carbocycles. The van der Waals surface area contributed by atoms with Crippen molar-refractivity contribution in [3.8, 4) is 5.75 Å². The zero-order valence-electron chi connectivity index (χ0n) is 7.84. The first-order valence-corrected chi connectivity index (χ1v) is 4.31. The van der Waals surface area contributed by atoms with Crippen LogP contribution in [-0.2, 0) is 9.45 Å². The lowest BCUT2D eigenvalue weighted by Crippen LogP contribution is -2.29. The molecule has 1 aromatic carbocycles. The third-order valence-corrected chi connectivity index (χ3v) is 1.50. The van der Waals surface area contributed by atoms with Crippen molar-refractivity contribution in [2.45, 2.75) is 13.3 Å². The van der Waals surface area contributed by atoms with E-state index in [2.05, 4.69) is 4.65 Å². The van der Waals surface area contributed by atoms with Crippen molar-refractivity contribution in [1.82, 2.24) is 0 Å². The summed E-state index contributed by atoms with van der Waals surface area (Å²) in [7, 11) is -1.54. The van der Waals surface area contributed by atoms with Crippen molar-refractivity contribution >= 4 is 13.3 Å². The van der Waals surface area contributed by atoms with Crippen LogP contribution >= 0.6 is 0 Å². The van der Waals surface area contributed by atoms with Crippen molar-refractivity contribution in [2.24, 2.45) is 0 Å². The molecule has 1 rings (SSSR count). The van der Waals surface area contributed by atoms with Gasteiger partial charge in [0.25, 0.3) is 5.97 Å². The van der Waals surface area contributed by atoms with Gasteiger partial charge < -0.3 is 14.3 Å². The van der Waals surface area contributed by atoms with E-state index >= 15 is 0 Å². The summed E-state index contributed by atoms with van der Waals surface area (Å²) in [6.45, 7) is 1.64. The minimum atomic E-state index is -1.54. The molecule has 0 radical (unpaired) electrons. The second-order valence-corrected chi connectivity index (χ2v) is 2.58. The summed E-state index contributed by atoms with van der Waals surface area (Å²) in [4.78, 5) is 10.8. The Morgan fingerprint density at radius 2 is 2.07 bits per heavy atom. The number of hydrogen-bond acceptors (Lipinski definition) is 4. The number of carbonyl (C=O) groups is 1. The second kappa shape index (κ2) is 5.29. The van der Waals surface area contributed by atoms with Crippen LogP contribution in [0.1, 0.15) is 13.3 Å². The van der Waals surface area contributed by atoms with E-state index in [1.165, 1.54) is 0 Å². The Kier molecular flexibility index (Phi) is 4.00. The number of rotatable bonds is 4. The van der Waals surface area contributed by atoms with Gasteiger partial charge in [-0.15, -0.1) is 0 Å². The molecule has 4 nitrogen and oxygen atoms in total. The van der Waals surface area contributed by atoms with E-state index in [-0.39, 0.29) is 6.42 Å². The summed E-state index contributed by atoms with van der Waals surface area (Å²) >= 11 is 0. The van der Waals surface area contributed by atoms with Crippen LogP contribution in [0.4, 0.5) is 0 Å². The Labute approximate surface area is 82.6 Å². The van der Waals surface area contributed by atoms with Gasteiger partial charge in [0.1, 0.15) is 5.75 Å². The fourth-order valence-electron chi connectivity index (χ4n) is 0.835. The smallest absolute Gasteiger partial charge is 0.501 e. The molecule has 1 aromatic rings. The first kappa shape index (κ1) is 10.6. The average Bonchev–Trinajstić information content (AvgIpc) is 2.19. The lowest BCUT2D eigenvalue weighted by molar-refractivity contribution is -0.136. The van der Waals surface area contributed by atoms with Gasteiger partial charge in [-0.1, -0.05) is 25.1 Å². The molecule has 1 N–H and O–H groups in total. The van der Waals surface area contributed by atoms with E-state index in [0.717, 1.165) is 0 Å². The van der Waals surface area contributed by atoms with Gasteiger partial charge in [-0.3, -0.25) is 4.79 Å². The average molecular weight is 194 g/mol. The van der Waals surface area contributed by atoms with Crippen LogP contribution in [0.25, 0.3) is 0 Å². The second-order valence-electron chi connectivity index (χ2n) is 2.58. The molecule has 0 aliphatic heterocycles. The molecule has 0 unspecified atom stereocenters. The minimum Gasteiger partial charge on any atom is -0.501 e. The summed E-state index contributed by atoms with van der Waals surface area (Å²) in [6, 6.07) is 8.64. The van der Waals surface area contributed by atoms with E-state index in [4.69, 9.17) is 9.68 Å². The van der Waals surface area contributed by atoms with Crippen LogP contribution in [0.15, 0.2) is 30.3 Å². The molecule has 0 aliphatic rings. The summed E-state index contributed by atoms with van der Waals surface area (Å²) in [5.41, 5.74) is 0. The van der Waals surface area contributed by atoms with Crippen LogP contribution in [-0.4, -0.2) is 18.3 Å². The molecular formula is C9H11BO4. The van der Waals surface area contributed by atoms with Crippen LogP contribution in [0, 0.1) is 0 Å². The first-order valence-electron chi connectivity index (χ1n) is 4.31. The quantitative estimate of drug-likeness (QED) is 0.726. The largest absolute Gasteiger partial charge is 0.787 e. The van der Waals surface area contributed by atoms with Crippen LogP contribution in [0.5, 0.6) is 5.75 Å². The lowest BCUT2D eigenvalue weighted by Gasteiger charge is -2.08. The molecule has 0 fully saturated rings. The Hall–Kier alpha value is -1.49. The van der Waals surface area contributed by atoms with E-state index in [9.17, 15) is 4.79 Å². The lowest BCUT2D eigenvalue weighted by atomic mass is 10.2. The Balaban J connectivity index is 2.41. The molecule has 5 heteroatoms. The molecule has 74 valence electrons. The maximum atomic E-state index is 10.8. The van der Waals surface area contributed by atoms with Gasteiger partial charge in [-0.25, -0.2) is 0 Å². The Bertz CT molecular complexity index is 288. The Morgan fingerprint density at radius 1 is 1.43 bits per heavy atom. The van der Waals surface area contributed by atoms with Gasteiger partial charge in [0.05, 0.1) is 0 Å².